The molecular formula is C16H29NS. The van der Waals surface area contributed by atoms with Crippen molar-refractivity contribution in [3.63, 3.8) is 0 Å². The van der Waals surface area contributed by atoms with Gasteiger partial charge in [-0.15, -0.1) is 0 Å². The highest BCUT2D eigenvalue weighted by Gasteiger charge is 2.50. The zero-order valence-corrected chi connectivity index (χ0v) is 12.7. The average Bonchev–Trinajstić information content (AvgIpc) is 2.32. The molecule has 4 rings (SSSR count). The predicted molar refractivity (Wildman–Crippen MR) is 80.8 cm³/mol. The Morgan fingerprint density at radius 1 is 1.11 bits per heavy atom. The van der Waals surface area contributed by atoms with E-state index in [-0.39, 0.29) is 0 Å². The molecule has 0 heterocycles. The zero-order valence-electron chi connectivity index (χ0n) is 11.9. The first kappa shape index (κ1) is 13.3. The molecule has 0 spiro atoms. The van der Waals surface area contributed by atoms with Gasteiger partial charge in [-0.3, -0.25) is 0 Å². The van der Waals surface area contributed by atoms with E-state index in [4.69, 9.17) is 5.73 Å². The molecule has 0 aromatic carbocycles. The topological polar surface area (TPSA) is 26.0 Å². The van der Waals surface area contributed by atoms with Crippen molar-refractivity contribution in [3.05, 3.63) is 0 Å². The van der Waals surface area contributed by atoms with E-state index in [1.165, 1.54) is 17.9 Å². The molecule has 4 aliphatic rings. The Balaban J connectivity index is 1.47. The minimum Gasteiger partial charge on any atom is -0.327 e. The summed E-state index contributed by atoms with van der Waals surface area (Å²) in [4.78, 5) is 0. The molecular weight excluding hydrogens is 238 g/mol. The predicted octanol–water partition coefficient (Wildman–Crippen LogP) is 4.06. The Labute approximate surface area is 117 Å². The number of nitrogens with two attached hydrogens (primary N) is 1. The summed E-state index contributed by atoms with van der Waals surface area (Å²) >= 11 is 2.11. The van der Waals surface area contributed by atoms with Gasteiger partial charge in [0.2, 0.25) is 0 Å². The second-order valence-corrected chi connectivity index (χ2v) is 8.56. The molecule has 1 unspecified atom stereocenters. The molecule has 0 aliphatic heterocycles. The molecule has 4 fully saturated rings. The Bertz CT molecular complexity index is 254. The van der Waals surface area contributed by atoms with Crippen LogP contribution < -0.4 is 5.73 Å². The summed E-state index contributed by atoms with van der Waals surface area (Å²) in [5.74, 6) is 5.86. The monoisotopic (exact) mass is 267 g/mol. The van der Waals surface area contributed by atoms with Gasteiger partial charge in [0.15, 0.2) is 0 Å². The van der Waals surface area contributed by atoms with Gasteiger partial charge in [0.25, 0.3) is 0 Å². The molecule has 0 amide bonds. The molecule has 18 heavy (non-hydrogen) atoms. The van der Waals surface area contributed by atoms with Gasteiger partial charge < -0.3 is 5.73 Å². The van der Waals surface area contributed by atoms with Gasteiger partial charge in [0.1, 0.15) is 0 Å². The highest BCUT2D eigenvalue weighted by atomic mass is 32.2. The highest BCUT2D eigenvalue weighted by molar-refractivity contribution is 7.99. The van der Waals surface area contributed by atoms with Gasteiger partial charge in [-0.05, 0) is 80.3 Å². The van der Waals surface area contributed by atoms with Crippen LogP contribution in [0, 0.1) is 23.2 Å². The van der Waals surface area contributed by atoms with Crippen LogP contribution in [0.15, 0.2) is 0 Å². The van der Waals surface area contributed by atoms with Crippen molar-refractivity contribution < 1.29 is 0 Å². The third kappa shape index (κ3) is 2.75. The molecule has 0 aromatic heterocycles. The first-order valence-corrected chi connectivity index (χ1v) is 9.18. The van der Waals surface area contributed by atoms with Gasteiger partial charge in [-0.1, -0.05) is 6.92 Å². The SMILES string of the molecule is CCC(N)CSCCC12CC3CC(CC(C3)C1)C2. The van der Waals surface area contributed by atoms with E-state index in [2.05, 4.69) is 18.7 Å². The molecule has 2 N–H and O–H groups in total. The van der Waals surface area contributed by atoms with Gasteiger partial charge in [-0.2, -0.15) is 11.8 Å². The minimum absolute atomic E-state index is 0.423. The molecule has 4 bridgehead atoms. The van der Waals surface area contributed by atoms with Crippen LogP contribution in [0.2, 0.25) is 0 Å². The molecule has 4 aliphatic carbocycles. The molecule has 0 radical (unpaired) electrons. The second kappa shape index (κ2) is 5.36. The molecule has 1 atom stereocenters. The lowest BCUT2D eigenvalue weighted by molar-refractivity contribution is -0.0538. The van der Waals surface area contributed by atoms with Crippen LogP contribution >= 0.6 is 11.8 Å². The standard InChI is InChI=1S/C16H29NS/c1-2-15(17)11-18-4-3-16-8-12-5-13(9-16)7-14(6-12)10-16/h12-15H,2-11,17H2,1H3. The fourth-order valence-electron chi connectivity index (χ4n) is 5.24. The zero-order chi connectivity index (χ0) is 12.6. The van der Waals surface area contributed by atoms with E-state index in [0.717, 1.165) is 29.6 Å². The van der Waals surface area contributed by atoms with E-state index >= 15 is 0 Å². The first-order chi connectivity index (χ1) is 8.69. The number of hydrogen-bond acceptors (Lipinski definition) is 2. The molecule has 0 saturated heterocycles. The summed E-state index contributed by atoms with van der Waals surface area (Å²) in [5.41, 5.74) is 6.78. The van der Waals surface area contributed by atoms with Gasteiger partial charge in [-0.25, -0.2) is 0 Å². The first-order valence-electron chi connectivity index (χ1n) is 8.02. The van der Waals surface area contributed by atoms with Crippen LogP contribution in [0.25, 0.3) is 0 Å². The third-order valence-corrected chi connectivity index (χ3v) is 6.95. The van der Waals surface area contributed by atoms with E-state index in [1.54, 1.807) is 38.5 Å². The van der Waals surface area contributed by atoms with E-state index in [9.17, 15) is 0 Å². The van der Waals surface area contributed by atoms with E-state index in [0.29, 0.717) is 6.04 Å². The van der Waals surface area contributed by atoms with Crippen LogP contribution in [-0.4, -0.2) is 17.5 Å². The fourth-order valence-corrected chi connectivity index (χ4v) is 6.52. The average molecular weight is 267 g/mol. The Kier molecular flexibility index (Phi) is 3.96. The molecule has 2 heteroatoms. The largest absolute Gasteiger partial charge is 0.327 e. The lowest BCUT2D eigenvalue weighted by Gasteiger charge is -2.57. The van der Waals surface area contributed by atoms with Gasteiger partial charge in [0, 0.05) is 11.8 Å². The normalized spacial score (nSPS) is 43.3. The maximum atomic E-state index is 6.00. The van der Waals surface area contributed by atoms with Gasteiger partial charge >= 0.3 is 0 Å². The summed E-state index contributed by atoms with van der Waals surface area (Å²) in [6, 6.07) is 0.423. The summed E-state index contributed by atoms with van der Waals surface area (Å²) in [7, 11) is 0. The van der Waals surface area contributed by atoms with Crippen LogP contribution in [0.5, 0.6) is 0 Å². The molecule has 104 valence electrons. The Morgan fingerprint density at radius 3 is 2.17 bits per heavy atom. The van der Waals surface area contributed by atoms with Crippen molar-refractivity contribution in [1.82, 2.24) is 0 Å². The summed E-state index contributed by atoms with van der Waals surface area (Å²) < 4.78 is 0. The maximum Gasteiger partial charge on any atom is 0.0127 e. The van der Waals surface area contributed by atoms with Gasteiger partial charge in [0.05, 0.1) is 0 Å². The van der Waals surface area contributed by atoms with Crippen LogP contribution in [0.4, 0.5) is 0 Å². The summed E-state index contributed by atoms with van der Waals surface area (Å²) in [6.07, 6.45) is 12.0. The van der Waals surface area contributed by atoms with Crippen molar-refractivity contribution in [1.29, 1.82) is 0 Å². The number of hydrogen-bond donors (Lipinski definition) is 1. The highest BCUT2D eigenvalue weighted by Crippen LogP contribution is 2.61. The van der Waals surface area contributed by atoms with Crippen molar-refractivity contribution in [2.75, 3.05) is 11.5 Å². The van der Waals surface area contributed by atoms with Crippen LogP contribution in [0.1, 0.15) is 58.3 Å². The van der Waals surface area contributed by atoms with Crippen molar-refractivity contribution in [2.24, 2.45) is 28.9 Å². The third-order valence-electron chi connectivity index (χ3n) is 5.80. The van der Waals surface area contributed by atoms with Crippen LogP contribution in [-0.2, 0) is 0 Å². The second-order valence-electron chi connectivity index (χ2n) is 7.41. The van der Waals surface area contributed by atoms with E-state index < -0.39 is 0 Å². The van der Waals surface area contributed by atoms with Crippen molar-refractivity contribution in [3.8, 4) is 0 Å². The smallest absolute Gasteiger partial charge is 0.0127 e. The number of thioether (sulfide) groups is 1. The molecule has 0 aromatic rings. The van der Waals surface area contributed by atoms with Crippen molar-refractivity contribution >= 4 is 11.8 Å². The molecule has 1 nitrogen and oxygen atoms in total. The lowest BCUT2D eigenvalue weighted by Crippen LogP contribution is -2.46. The lowest BCUT2D eigenvalue weighted by atomic mass is 9.49. The fraction of sp³-hybridized carbons (Fsp3) is 1.00. The number of rotatable bonds is 6. The quantitative estimate of drug-likeness (QED) is 0.734. The minimum atomic E-state index is 0.423. The summed E-state index contributed by atoms with van der Waals surface area (Å²) in [6.45, 7) is 2.20. The maximum absolute atomic E-state index is 6.00. The Morgan fingerprint density at radius 2 is 1.67 bits per heavy atom. The summed E-state index contributed by atoms with van der Waals surface area (Å²) in [5, 5.41) is 0. The molecule has 4 saturated carbocycles. The van der Waals surface area contributed by atoms with E-state index in [1.807, 2.05) is 0 Å². The van der Waals surface area contributed by atoms with Crippen molar-refractivity contribution in [2.45, 2.75) is 64.3 Å². The van der Waals surface area contributed by atoms with Crippen LogP contribution in [0.3, 0.4) is 0 Å². The Hall–Kier alpha value is 0.310.